The normalized spacial score (nSPS) is 10.3. The van der Waals surface area contributed by atoms with Crippen LogP contribution in [0.5, 0.6) is 0 Å². The number of likely N-dealkylation sites (N-methyl/N-ethyl adjacent to an activating group) is 1. The highest BCUT2D eigenvalue weighted by Gasteiger charge is 2.18. The van der Waals surface area contributed by atoms with E-state index >= 15 is 0 Å². The largest absolute Gasteiger partial charge is 0.480 e. The fourth-order valence-electron chi connectivity index (χ4n) is 1.64. The molecule has 1 aromatic heterocycles. The van der Waals surface area contributed by atoms with Crippen molar-refractivity contribution < 1.29 is 14.7 Å². The molecule has 0 aliphatic carbocycles. The minimum absolute atomic E-state index is 0.190. The fourth-order valence-corrected chi connectivity index (χ4v) is 1.64. The van der Waals surface area contributed by atoms with Gasteiger partial charge in [0.25, 0.3) is 0 Å². The van der Waals surface area contributed by atoms with Gasteiger partial charge in [-0.2, -0.15) is 5.10 Å². The maximum Gasteiger partial charge on any atom is 0.323 e. The number of carbonyl (C=O) groups excluding carboxylic acids is 1. The van der Waals surface area contributed by atoms with Crippen molar-refractivity contribution in [1.82, 2.24) is 15.1 Å². The minimum Gasteiger partial charge on any atom is -0.480 e. The van der Waals surface area contributed by atoms with E-state index in [2.05, 4.69) is 10.2 Å². The number of rotatable bonds is 5. The third-order valence-corrected chi connectivity index (χ3v) is 2.67. The molecule has 0 radical (unpaired) electrons. The molecule has 0 aliphatic rings. The van der Waals surface area contributed by atoms with Gasteiger partial charge in [0, 0.05) is 17.8 Å². The fraction of sp³-hybridized carbons (Fsp3) is 0.545. The van der Waals surface area contributed by atoms with Crippen LogP contribution in [0.15, 0.2) is 0 Å². The Bertz CT molecular complexity index is 406. The van der Waals surface area contributed by atoms with Crippen LogP contribution >= 0.6 is 0 Å². The summed E-state index contributed by atoms with van der Waals surface area (Å²) in [5.41, 5.74) is 2.48. The Kier molecular flexibility index (Phi) is 4.25. The Morgan fingerprint density at radius 1 is 1.41 bits per heavy atom. The van der Waals surface area contributed by atoms with Gasteiger partial charge in [-0.1, -0.05) is 0 Å². The number of aryl methyl sites for hydroxylation is 2. The van der Waals surface area contributed by atoms with Crippen molar-refractivity contribution in [2.75, 3.05) is 13.1 Å². The number of aromatic nitrogens is 2. The predicted molar refractivity (Wildman–Crippen MR) is 61.7 cm³/mol. The number of carbonyl (C=O) groups is 2. The molecular weight excluding hydrogens is 222 g/mol. The van der Waals surface area contributed by atoms with Crippen LogP contribution in [-0.4, -0.2) is 45.2 Å². The van der Waals surface area contributed by atoms with Gasteiger partial charge in [0.2, 0.25) is 5.91 Å². The standard InChI is InChI=1S/C11H17N3O3/c1-4-14(6-11(16)17)10(15)5-9-7(2)12-13-8(9)3/h4-6H2,1-3H3,(H,12,13)(H,16,17). The lowest BCUT2D eigenvalue weighted by Crippen LogP contribution is -2.36. The molecule has 0 atom stereocenters. The molecule has 0 unspecified atom stereocenters. The van der Waals surface area contributed by atoms with Crippen LogP contribution < -0.4 is 0 Å². The van der Waals surface area contributed by atoms with E-state index in [1.165, 1.54) is 4.90 Å². The Morgan fingerprint density at radius 3 is 2.47 bits per heavy atom. The summed E-state index contributed by atoms with van der Waals surface area (Å²) in [4.78, 5) is 23.8. The van der Waals surface area contributed by atoms with Crippen molar-refractivity contribution in [2.24, 2.45) is 0 Å². The van der Waals surface area contributed by atoms with E-state index in [4.69, 9.17) is 5.11 Å². The maximum atomic E-state index is 11.9. The first-order valence-corrected chi connectivity index (χ1v) is 5.45. The van der Waals surface area contributed by atoms with E-state index in [1.807, 2.05) is 13.8 Å². The van der Waals surface area contributed by atoms with E-state index in [0.29, 0.717) is 6.54 Å². The molecule has 1 heterocycles. The van der Waals surface area contributed by atoms with Crippen molar-refractivity contribution in [1.29, 1.82) is 0 Å². The number of carboxylic acids is 1. The molecule has 94 valence electrons. The van der Waals surface area contributed by atoms with Crippen LogP contribution in [0.4, 0.5) is 0 Å². The summed E-state index contributed by atoms with van der Waals surface area (Å²) >= 11 is 0. The molecular formula is C11H17N3O3. The summed E-state index contributed by atoms with van der Waals surface area (Å²) in [5, 5.41) is 15.5. The van der Waals surface area contributed by atoms with E-state index in [-0.39, 0.29) is 18.9 Å². The molecule has 1 aromatic rings. The lowest BCUT2D eigenvalue weighted by Gasteiger charge is -2.18. The number of H-pyrrole nitrogens is 1. The first kappa shape index (κ1) is 13.2. The molecule has 0 spiro atoms. The second kappa shape index (κ2) is 5.47. The molecule has 1 rings (SSSR count). The number of carboxylic acid groups (broad SMARTS) is 1. The van der Waals surface area contributed by atoms with Gasteiger partial charge in [-0.3, -0.25) is 14.7 Å². The lowest BCUT2D eigenvalue weighted by atomic mass is 10.1. The summed E-state index contributed by atoms with van der Waals surface area (Å²) in [6.45, 7) is 5.55. The molecule has 2 N–H and O–H groups in total. The second-order valence-corrected chi connectivity index (χ2v) is 3.89. The monoisotopic (exact) mass is 239 g/mol. The first-order valence-electron chi connectivity index (χ1n) is 5.45. The molecule has 6 nitrogen and oxygen atoms in total. The molecule has 0 aliphatic heterocycles. The van der Waals surface area contributed by atoms with Gasteiger partial charge in [-0.15, -0.1) is 0 Å². The molecule has 0 saturated carbocycles. The lowest BCUT2D eigenvalue weighted by molar-refractivity contribution is -0.144. The van der Waals surface area contributed by atoms with Crippen LogP contribution in [0.25, 0.3) is 0 Å². The zero-order chi connectivity index (χ0) is 13.0. The number of amides is 1. The topological polar surface area (TPSA) is 86.3 Å². The number of hydrogen-bond acceptors (Lipinski definition) is 3. The van der Waals surface area contributed by atoms with Crippen molar-refractivity contribution >= 4 is 11.9 Å². The molecule has 0 bridgehead atoms. The number of aromatic amines is 1. The third kappa shape index (κ3) is 3.30. The van der Waals surface area contributed by atoms with Crippen molar-refractivity contribution in [2.45, 2.75) is 27.2 Å². The minimum atomic E-state index is -0.999. The Balaban J connectivity index is 2.74. The molecule has 17 heavy (non-hydrogen) atoms. The van der Waals surface area contributed by atoms with Gasteiger partial charge in [-0.25, -0.2) is 0 Å². The van der Waals surface area contributed by atoms with Gasteiger partial charge >= 0.3 is 5.97 Å². The van der Waals surface area contributed by atoms with Crippen LogP contribution in [0.1, 0.15) is 23.9 Å². The quantitative estimate of drug-likeness (QED) is 0.783. The number of aliphatic carboxylic acids is 1. The SMILES string of the molecule is CCN(CC(=O)O)C(=O)Cc1c(C)n[nH]c1C. The predicted octanol–water partition coefficient (Wildman–Crippen LogP) is 0.502. The van der Waals surface area contributed by atoms with E-state index in [9.17, 15) is 9.59 Å². The highest BCUT2D eigenvalue weighted by molar-refractivity contribution is 5.83. The van der Waals surface area contributed by atoms with Crippen LogP contribution in [-0.2, 0) is 16.0 Å². The van der Waals surface area contributed by atoms with Gasteiger partial charge in [0.15, 0.2) is 0 Å². The number of hydrogen-bond donors (Lipinski definition) is 2. The van der Waals surface area contributed by atoms with Gasteiger partial charge in [0.1, 0.15) is 6.54 Å². The Morgan fingerprint density at radius 2 is 2.06 bits per heavy atom. The highest BCUT2D eigenvalue weighted by atomic mass is 16.4. The summed E-state index contributed by atoms with van der Waals surface area (Å²) in [5.74, 6) is -1.19. The number of nitrogens with one attached hydrogen (secondary N) is 1. The average molecular weight is 239 g/mol. The van der Waals surface area contributed by atoms with E-state index in [0.717, 1.165) is 17.0 Å². The van der Waals surface area contributed by atoms with Crippen LogP contribution in [0.3, 0.4) is 0 Å². The molecule has 0 saturated heterocycles. The third-order valence-electron chi connectivity index (χ3n) is 2.67. The summed E-state index contributed by atoms with van der Waals surface area (Å²) in [6, 6.07) is 0. The summed E-state index contributed by atoms with van der Waals surface area (Å²) in [7, 11) is 0. The van der Waals surface area contributed by atoms with Crippen molar-refractivity contribution in [3.8, 4) is 0 Å². The second-order valence-electron chi connectivity index (χ2n) is 3.89. The van der Waals surface area contributed by atoms with Gasteiger partial charge in [-0.05, 0) is 20.8 Å². The Hall–Kier alpha value is -1.85. The van der Waals surface area contributed by atoms with Gasteiger partial charge in [0.05, 0.1) is 12.1 Å². The van der Waals surface area contributed by atoms with Crippen LogP contribution in [0, 0.1) is 13.8 Å². The van der Waals surface area contributed by atoms with Crippen molar-refractivity contribution in [3.05, 3.63) is 17.0 Å². The molecule has 6 heteroatoms. The molecule has 1 amide bonds. The van der Waals surface area contributed by atoms with Crippen LogP contribution in [0.2, 0.25) is 0 Å². The molecule has 0 aromatic carbocycles. The summed E-state index contributed by atoms with van der Waals surface area (Å²) in [6.07, 6.45) is 0.190. The number of nitrogens with zero attached hydrogens (tertiary/aromatic N) is 2. The highest BCUT2D eigenvalue weighted by Crippen LogP contribution is 2.11. The molecule has 0 fully saturated rings. The smallest absolute Gasteiger partial charge is 0.323 e. The van der Waals surface area contributed by atoms with Gasteiger partial charge < -0.3 is 10.0 Å². The maximum absolute atomic E-state index is 11.9. The Labute approximate surface area is 99.6 Å². The first-order chi connectivity index (χ1) is 7.95. The average Bonchev–Trinajstić information content (AvgIpc) is 2.57. The zero-order valence-electron chi connectivity index (χ0n) is 10.3. The van der Waals surface area contributed by atoms with E-state index in [1.54, 1.807) is 6.92 Å². The zero-order valence-corrected chi connectivity index (χ0v) is 10.3. The van der Waals surface area contributed by atoms with Crippen molar-refractivity contribution in [3.63, 3.8) is 0 Å². The summed E-state index contributed by atoms with van der Waals surface area (Å²) < 4.78 is 0. The van der Waals surface area contributed by atoms with E-state index < -0.39 is 5.97 Å².